The predicted molar refractivity (Wildman–Crippen MR) is 254 cm³/mol. The molecule has 0 fully saturated rings. The van der Waals surface area contributed by atoms with Gasteiger partial charge in [-0.05, 0) is 116 Å². The molecule has 1 heterocycles. The second kappa shape index (κ2) is 15.4. The number of allylic oxidation sites excluding steroid dienone is 11. The number of rotatable bonds is 8. The third-order valence-electron chi connectivity index (χ3n) is 12.4. The normalized spacial score (nSPS) is 18.1. The molecule has 60 heavy (non-hydrogen) atoms. The standard InChI is InChI=1S/C58H43NO/c1(2-15-47-39-60-58-23-10-9-20-53(47)58)12-40-24-32-48(33-25-40)59(49-34-30-41(31-35-49)44-29-28-43-27-26-42-13-3-5-18-51(42)56(43)37-44)50-17-11-16-45(36-50)57-38-46-14-4-6-19-52(46)54-21-7-8-22-55(54)57/h1-24,26-40,42,51H,25H2/b12-1+,15-2-. The van der Waals surface area contributed by atoms with Crippen LogP contribution in [-0.2, 0) is 0 Å². The second-order valence-corrected chi connectivity index (χ2v) is 16.0. The van der Waals surface area contributed by atoms with E-state index in [4.69, 9.17) is 4.42 Å². The fourth-order valence-corrected chi connectivity index (χ4v) is 9.31. The number of nitrogens with zero attached hydrogens (tertiary/aromatic N) is 1. The Hall–Kier alpha value is -7.42. The van der Waals surface area contributed by atoms with Crippen LogP contribution in [0.5, 0.6) is 0 Å². The van der Waals surface area contributed by atoms with E-state index in [2.05, 4.69) is 217 Å². The second-order valence-electron chi connectivity index (χ2n) is 16.0. The summed E-state index contributed by atoms with van der Waals surface area (Å²) in [5, 5.41) is 6.20. The summed E-state index contributed by atoms with van der Waals surface area (Å²) >= 11 is 0. The van der Waals surface area contributed by atoms with Gasteiger partial charge in [0.1, 0.15) is 5.58 Å². The van der Waals surface area contributed by atoms with Crippen molar-refractivity contribution in [3.05, 3.63) is 241 Å². The molecule has 3 aliphatic carbocycles. The molecule has 0 N–H and O–H groups in total. The van der Waals surface area contributed by atoms with Crippen LogP contribution in [0, 0.1) is 11.8 Å². The van der Waals surface area contributed by atoms with Crippen LogP contribution >= 0.6 is 0 Å². The van der Waals surface area contributed by atoms with Crippen molar-refractivity contribution in [1.82, 2.24) is 0 Å². The maximum absolute atomic E-state index is 5.73. The molecule has 0 bridgehead atoms. The molecule has 3 aliphatic rings. The van der Waals surface area contributed by atoms with Gasteiger partial charge < -0.3 is 9.32 Å². The quantitative estimate of drug-likeness (QED) is 0.113. The molecule has 3 unspecified atom stereocenters. The summed E-state index contributed by atoms with van der Waals surface area (Å²) in [5.41, 5.74) is 13.0. The molecule has 0 saturated heterocycles. The smallest absolute Gasteiger partial charge is 0.134 e. The lowest BCUT2D eigenvalue weighted by molar-refractivity contribution is 0.615. The first kappa shape index (κ1) is 35.7. The summed E-state index contributed by atoms with van der Waals surface area (Å²) in [6.07, 6.45) is 32.0. The van der Waals surface area contributed by atoms with Crippen LogP contribution in [0.2, 0.25) is 0 Å². The van der Waals surface area contributed by atoms with Crippen molar-refractivity contribution in [2.45, 2.75) is 12.3 Å². The van der Waals surface area contributed by atoms with Gasteiger partial charge in [-0.25, -0.2) is 0 Å². The maximum atomic E-state index is 5.73. The molecule has 2 heteroatoms. The van der Waals surface area contributed by atoms with Crippen LogP contribution < -0.4 is 4.90 Å². The van der Waals surface area contributed by atoms with Crippen LogP contribution in [0.4, 0.5) is 11.4 Å². The first-order valence-corrected chi connectivity index (χ1v) is 21.0. The molecule has 0 spiro atoms. The van der Waals surface area contributed by atoms with Crippen molar-refractivity contribution >= 4 is 56.0 Å². The Morgan fingerprint density at radius 2 is 1.37 bits per heavy atom. The van der Waals surface area contributed by atoms with Gasteiger partial charge in [0.05, 0.1) is 6.26 Å². The van der Waals surface area contributed by atoms with E-state index in [9.17, 15) is 0 Å². The van der Waals surface area contributed by atoms with Crippen LogP contribution in [0.25, 0.3) is 66.9 Å². The van der Waals surface area contributed by atoms with Gasteiger partial charge in [-0.3, -0.25) is 0 Å². The highest BCUT2D eigenvalue weighted by atomic mass is 16.3. The van der Waals surface area contributed by atoms with Gasteiger partial charge in [0, 0.05) is 39.9 Å². The Labute approximate surface area is 351 Å². The summed E-state index contributed by atoms with van der Waals surface area (Å²) in [6, 6.07) is 53.2. The monoisotopic (exact) mass is 769 g/mol. The molecule has 7 aromatic carbocycles. The Morgan fingerprint density at radius 1 is 0.567 bits per heavy atom. The van der Waals surface area contributed by atoms with E-state index in [1.54, 1.807) is 0 Å². The Kier molecular flexibility index (Phi) is 9.17. The summed E-state index contributed by atoms with van der Waals surface area (Å²) in [5.74, 6) is 1.10. The number of para-hydroxylation sites is 1. The van der Waals surface area contributed by atoms with Crippen molar-refractivity contribution in [3.63, 3.8) is 0 Å². The van der Waals surface area contributed by atoms with E-state index < -0.39 is 0 Å². The van der Waals surface area contributed by atoms with Gasteiger partial charge in [0.25, 0.3) is 0 Å². The number of benzene rings is 7. The zero-order valence-electron chi connectivity index (χ0n) is 33.2. The zero-order valence-corrected chi connectivity index (χ0v) is 33.2. The third-order valence-corrected chi connectivity index (χ3v) is 12.4. The SMILES string of the molecule is C1=CC2C=Cc3ccc(-c4ccc(N(C5=CCC(/C=C/C=C\c6coc7ccccc67)C=C5)c5cccc(-c6cc7ccccc7c7ccccc67)c5)cc4)cc3C2C=C1. The van der Waals surface area contributed by atoms with E-state index >= 15 is 0 Å². The van der Waals surface area contributed by atoms with Gasteiger partial charge in [0.15, 0.2) is 0 Å². The molecule has 1 aromatic heterocycles. The maximum Gasteiger partial charge on any atom is 0.134 e. The summed E-state index contributed by atoms with van der Waals surface area (Å²) in [4.78, 5) is 2.41. The van der Waals surface area contributed by atoms with Crippen LogP contribution in [0.1, 0.15) is 29.0 Å². The van der Waals surface area contributed by atoms with Crippen molar-refractivity contribution < 1.29 is 4.42 Å². The fraction of sp³-hybridized carbons (Fsp3) is 0.0690. The minimum absolute atomic E-state index is 0.298. The van der Waals surface area contributed by atoms with Crippen molar-refractivity contribution in [3.8, 4) is 22.3 Å². The highest BCUT2D eigenvalue weighted by Crippen LogP contribution is 2.42. The van der Waals surface area contributed by atoms with Gasteiger partial charge >= 0.3 is 0 Å². The van der Waals surface area contributed by atoms with Crippen LogP contribution in [-0.4, -0.2) is 0 Å². The lowest BCUT2D eigenvalue weighted by Crippen LogP contribution is -2.17. The molecular weight excluding hydrogens is 727 g/mol. The van der Waals surface area contributed by atoms with Crippen LogP contribution in [0.3, 0.4) is 0 Å². The molecule has 3 atom stereocenters. The largest absolute Gasteiger partial charge is 0.464 e. The number of furan rings is 1. The first-order valence-electron chi connectivity index (χ1n) is 21.0. The first-order chi connectivity index (χ1) is 29.7. The molecule has 286 valence electrons. The molecular formula is C58H43NO. The fourth-order valence-electron chi connectivity index (χ4n) is 9.31. The van der Waals surface area contributed by atoms with E-state index in [1.165, 1.54) is 54.9 Å². The summed E-state index contributed by atoms with van der Waals surface area (Å²) in [7, 11) is 0. The van der Waals surface area contributed by atoms with E-state index in [0.717, 1.165) is 40.0 Å². The van der Waals surface area contributed by atoms with Crippen molar-refractivity contribution in [2.24, 2.45) is 11.8 Å². The average Bonchev–Trinajstić information content (AvgIpc) is 3.73. The average molecular weight is 770 g/mol. The summed E-state index contributed by atoms with van der Waals surface area (Å²) < 4.78 is 5.73. The van der Waals surface area contributed by atoms with E-state index in [1.807, 2.05) is 18.4 Å². The third kappa shape index (κ3) is 6.67. The number of anilines is 2. The lowest BCUT2D eigenvalue weighted by atomic mass is 9.76. The topological polar surface area (TPSA) is 16.4 Å². The molecule has 8 aromatic rings. The van der Waals surface area contributed by atoms with E-state index in [-0.39, 0.29) is 0 Å². The van der Waals surface area contributed by atoms with Crippen molar-refractivity contribution in [1.29, 1.82) is 0 Å². The molecule has 0 aliphatic heterocycles. The Morgan fingerprint density at radius 3 is 2.25 bits per heavy atom. The number of hydrogen-bond donors (Lipinski definition) is 0. The lowest BCUT2D eigenvalue weighted by Gasteiger charge is -2.29. The molecule has 0 radical (unpaired) electrons. The van der Waals surface area contributed by atoms with Gasteiger partial charge in [0.2, 0.25) is 0 Å². The van der Waals surface area contributed by atoms with Gasteiger partial charge in [-0.15, -0.1) is 0 Å². The molecule has 0 amide bonds. The zero-order chi connectivity index (χ0) is 39.8. The minimum atomic E-state index is 0.298. The Balaban J connectivity index is 0.932. The highest BCUT2D eigenvalue weighted by molar-refractivity contribution is 6.13. The molecule has 2 nitrogen and oxygen atoms in total. The predicted octanol–water partition coefficient (Wildman–Crippen LogP) is 15.8. The van der Waals surface area contributed by atoms with Gasteiger partial charge in [-0.2, -0.15) is 0 Å². The molecule has 11 rings (SSSR count). The van der Waals surface area contributed by atoms with Crippen molar-refractivity contribution in [2.75, 3.05) is 4.90 Å². The van der Waals surface area contributed by atoms with Gasteiger partial charge in [-0.1, -0.05) is 176 Å². The highest BCUT2D eigenvalue weighted by Gasteiger charge is 2.24. The summed E-state index contributed by atoms with van der Waals surface area (Å²) in [6.45, 7) is 0. The van der Waals surface area contributed by atoms with E-state index in [0.29, 0.717) is 17.8 Å². The Bertz CT molecular complexity index is 3140. The van der Waals surface area contributed by atoms with Crippen LogP contribution in [0.15, 0.2) is 229 Å². The molecule has 0 saturated carbocycles. The minimum Gasteiger partial charge on any atom is -0.464 e. The number of fused-ring (bicyclic) bond motifs is 7. The number of hydrogen-bond acceptors (Lipinski definition) is 2.